The van der Waals surface area contributed by atoms with Crippen LogP contribution in [0, 0.1) is 0 Å². The first kappa shape index (κ1) is 15.5. The van der Waals surface area contributed by atoms with Gasteiger partial charge in [-0.05, 0) is 18.2 Å². The lowest BCUT2D eigenvalue weighted by molar-refractivity contribution is -0.115. The van der Waals surface area contributed by atoms with Crippen LogP contribution in [-0.2, 0) is 21.9 Å². The summed E-state index contributed by atoms with van der Waals surface area (Å²) in [4.78, 5) is 27.2. The van der Waals surface area contributed by atoms with E-state index in [1.165, 1.54) is 18.3 Å². The van der Waals surface area contributed by atoms with E-state index < -0.39 is 0 Å². The number of aromatic nitrogens is 1. The van der Waals surface area contributed by atoms with Crippen LogP contribution in [-0.4, -0.2) is 16.8 Å². The number of hydrogen-bond acceptors (Lipinski definition) is 4. The molecule has 0 aliphatic rings. The van der Waals surface area contributed by atoms with E-state index >= 15 is 0 Å². The topological polar surface area (TPSA) is 71.1 Å². The summed E-state index contributed by atoms with van der Waals surface area (Å²) in [6.45, 7) is 1.43. The highest BCUT2D eigenvalue weighted by atomic mass is 35.5. The van der Waals surface area contributed by atoms with Crippen molar-refractivity contribution in [3.05, 3.63) is 40.3 Å². The Hall–Kier alpha value is -1.92. The minimum Gasteiger partial charge on any atom is -0.326 e. The number of halogens is 1. The fourth-order valence-electron chi connectivity index (χ4n) is 1.71. The highest BCUT2D eigenvalue weighted by molar-refractivity contribution is 7.09. The lowest BCUT2D eigenvalue weighted by Crippen LogP contribution is -2.14. The first-order valence-corrected chi connectivity index (χ1v) is 7.65. The Morgan fingerprint density at radius 2 is 2.00 bits per heavy atom. The average Bonchev–Trinajstić information content (AvgIpc) is 2.85. The first-order chi connectivity index (χ1) is 10.1. The molecule has 110 valence electrons. The summed E-state index contributed by atoms with van der Waals surface area (Å²) >= 11 is 7.09. The van der Waals surface area contributed by atoms with E-state index in [4.69, 9.17) is 11.6 Å². The second-order valence-electron chi connectivity index (χ2n) is 4.35. The van der Waals surface area contributed by atoms with Crippen molar-refractivity contribution in [2.75, 3.05) is 10.6 Å². The van der Waals surface area contributed by atoms with Crippen LogP contribution in [0.1, 0.15) is 17.6 Å². The smallest absolute Gasteiger partial charge is 0.231 e. The molecule has 0 radical (unpaired) electrons. The number of hydrogen-bond donors (Lipinski definition) is 2. The van der Waals surface area contributed by atoms with Gasteiger partial charge in [-0.2, -0.15) is 0 Å². The van der Waals surface area contributed by atoms with Gasteiger partial charge in [-0.25, -0.2) is 4.98 Å². The van der Waals surface area contributed by atoms with E-state index in [2.05, 4.69) is 15.6 Å². The van der Waals surface area contributed by atoms with Gasteiger partial charge in [0.15, 0.2) is 0 Å². The molecule has 7 heteroatoms. The van der Waals surface area contributed by atoms with Gasteiger partial charge in [0, 0.05) is 23.7 Å². The van der Waals surface area contributed by atoms with Gasteiger partial charge in [0.05, 0.1) is 18.0 Å². The molecule has 0 aliphatic heterocycles. The molecule has 0 aliphatic carbocycles. The van der Waals surface area contributed by atoms with Crippen molar-refractivity contribution in [2.45, 2.75) is 19.2 Å². The maximum atomic E-state index is 11.9. The van der Waals surface area contributed by atoms with Gasteiger partial charge in [0.25, 0.3) is 0 Å². The van der Waals surface area contributed by atoms with Crippen LogP contribution in [0.4, 0.5) is 11.4 Å². The number of alkyl halides is 1. The zero-order chi connectivity index (χ0) is 15.2. The Balaban J connectivity index is 1.97. The molecule has 1 aromatic carbocycles. The SMILES string of the molecule is CC(=O)Nc1cccc(NC(=O)Cc2nc(CCl)cs2)c1. The van der Waals surface area contributed by atoms with Crippen LogP contribution in [0.5, 0.6) is 0 Å². The third-order valence-electron chi connectivity index (χ3n) is 2.51. The number of thiazole rings is 1. The zero-order valence-electron chi connectivity index (χ0n) is 11.4. The molecule has 0 spiro atoms. The van der Waals surface area contributed by atoms with E-state index in [9.17, 15) is 9.59 Å². The quantitative estimate of drug-likeness (QED) is 0.831. The van der Waals surface area contributed by atoms with E-state index in [-0.39, 0.29) is 18.2 Å². The fraction of sp³-hybridized carbons (Fsp3) is 0.214. The summed E-state index contributed by atoms with van der Waals surface area (Å²) in [6.07, 6.45) is 0.200. The molecule has 5 nitrogen and oxygen atoms in total. The van der Waals surface area contributed by atoms with Gasteiger partial charge in [-0.15, -0.1) is 22.9 Å². The van der Waals surface area contributed by atoms with Gasteiger partial charge in [-0.3, -0.25) is 9.59 Å². The van der Waals surface area contributed by atoms with E-state index in [1.807, 2.05) is 5.38 Å². The normalized spacial score (nSPS) is 10.2. The van der Waals surface area contributed by atoms with Gasteiger partial charge in [-0.1, -0.05) is 6.07 Å². The fourth-order valence-corrected chi connectivity index (χ4v) is 2.73. The molecule has 2 amide bonds. The number of rotatable bonds is 5. The number of nitrogens with one attached hydrogen (secondary N) is 2. The predicted molar refractivity (Wildman–Crippen MR) is 84.8 cm³/mol. The van der Waals surface area contributed by atoms with Gasteiger partial charge < -0.3 is 10.6 Å². The van der Waals surface area contributed by atoms with Crippen molar-refractivity contribution in [3.63, 3.8) is 0 Å². The molecule has 1 aromatic heterocycles. The van der Waals surface area contributed by atoms with Crippen molar-refractivity contribution >= 4 is 46.1 Å². The highest BCUT2D eigenvalue weighted by Crippen LogP contribution is 2.16. The Bertz CT molecular complexity index is 657. The molecule has 0 bridgehead atoms. The lowest BCUT2D eigenvalue weighted by Gasteiger charge is -2.07. The standard InChI is InChI=1S/C14H14ClN3O2S/c1-9(19)16-10-3-2-4-11(5-10)17-13(20)6-14-18-12(7-15)8-21-14/h2-5,8H,6-7H2,1H3,(H,16,19)(H,17,20). The molecule has 0 fully saturated rings. The second kappa shape index (κ2) is 7.19. The van der Waals surface area contributed by atoms with E-state index in [0.717, 1.165) is 10.7 Å². The van der Waals surface area contributed by atoms with Crippen LogP contribution in [0.15, 0.2) is 29.6 Å². The van der Waals surface area contributed by atoms with Crippen molar-refractivity contribution in [1.29, 1.82) is 0 Å². The van der Waals surface area contributed by atoms with Gasteiger partial charge >= 0.3 is 0 Å². The van der Waals surface area contributed by atoms with Gasteiger partial charge in [0.2, 0.25) is 11.8 Å². The highest BCUT2D eigenvalue weighted by Gasteiger charge is 2.08. The molecule has 1 heterocycles. The van der Waals surface area contributed by atoms with Crippen molar-refractivity contribution in [1.82, 2.24) is 4.98 Å². The lowest BCUT2D eigenvalue weighted by atomic mass is 10.2. The molecule has 0 unspecified atom stereocenters. The van der Waals surface area contributed by atoms with Crippen LogP contribution in [0.2, 0.25) is 0 Å². The predicted octanol–water partition coefficient (Wildman–Crippen LogP) is 3.02. The zero-order valence-corrected chi connectivity index (χ0v) is 12.9. The average molecular weight is 324 g/mol. The Morgan fingerprint density at radius 1 is 1.29 bits per heavy atom. The van der Waals surface area contributed by atoms with Crippen molar-refractivity contribution in [3.8, 4) is 0 Å². The number of benzene rings is 1. The number of nitrogens with zero attached hydrogens (tertiary/aromatic N) is 1. The molecular weight excluding hydrogens is 310 g/mol. The number of anilines is 2. The summed E-state index contributed by atoms with van der Waals surface area (Å²) in [6, 6.07) is 6.97. The maximum Gasteiger partial charge on any atom is 0.231 e. The van der Waals surface area contributed by atoms with Crippen LogP contribution < -0.4 is 10.6 Å². The number of carbonyl (C=O) groups excluding carboxylic acids is 2. The largest absolute Gasteiger partial charge is 0.326 e. The Kier molecular flexibility index (Phi) is 5.30. The second-order valence-corrected chi connectivity index (χ2v) is 5.56. The number of amides is 2. The first-order valence-electron chi connectivity index (χ1n) is 6.23. The maximum absolute atomic E-state index is 11.9. The van der Waals surface area contributed by atoms with E-state index in [0.29, 0.717) is 17.3 Å². The summed E-state index contributed by atoms with van der Waals surface area (Å²) < 4.78 is 0. The monoisotopic (exact) mass is 323 g/mol. The summed E-state index contributed by atoms with van der Waals surface area (Å²) in [7, 11) is 0. The van der Waals surface area contributed by atoms with Crippen molar-refractivity contribution < 1.29 is 9.59 Å². The van der Waals surface area contributed by atoms with Crippen LogP contribution in [0.25, 0.3) is 0 Å². The molecular formula is C14H14ClN3O2S. The number of carbonyl (C=O) groups is 2. The van der Waals surface area contributed by atoms with Gasteiger partial charge in [0.1, 0.15) is 5.01 Å². The molecule has 0 atom stereocenters. The molecule has 2 aromatic rings. The third kappa shape index (κ3) is 4.84. The molecule has 0 saturated carbocycles. The Morgan fingerprint density at radius 3 is 2.62 bits per heavy atom. The Labute approximate surface area is 131 Å². The molecule has 2 rings (SSSR count). The van der Waals surface area contributed by atoms with Crippen LogP contribution in [0.3, 0.4) is 0 Å². The minimum absolute atomic E-state index is 0.158. The summed E-state index contributed by atoms with van der Waals surface area (Å²) in [5, 5.41) is 8.00. The molecule has 21 heavy (non-hydrogen) atoms. The summed E-state index contributed by atoms with van der Waals surface area (Å²) in [5.41, 5.74) is 2.04. The summed E-state index contributed by atoms with van der Waals surface area (Å²) in [5.74, 6) is 0.0250. The minimum atomic E-state index is -0.162. The van der Waals surface area contributed by atoms with E-state index in [1.54, 1.807) is 24.3 Å². The van der Waals surface area contributed by atoms with Crippen LogP contribution >= 0.6 is 22.9 Å². The third-order valence-corrected chi connectivity index (χ3v) is 3.69. The molecule has 0 saturated heterocycles. The molecule has 2 N–H and O–H groups in total. The van der Waals surface area contributed by atoms with Crippen molar-refractivity contribution in [2.24, 2.45) is 0 Å².